The SMILES string of the molecule is Cc1ccc(OCC(F)(F)F)c(N(CCC(Cl)(Cl)Cl)C(=NC(=O)NCC(F)c2ccc(-c3ncn(-c4ccc(OC(F)(F)F)cc4)n3)cc2)SCc2ccccc2)c1. The molecule has 0 saturated heterocycles. The van der Waals surface area contributed by atoms with Gasteiger partial charge in [-0.3, -0.25) is 0 Å². The van der Waals surface area contributed by atoms with Crippen LogP contribution < -0.4 is 19.7 Å². The van der Waals surface area contributed by atoms with Crippen molar-refractivity contribution in [2.24, 2.45) is 4.99 Å². The van der Waals surface area contributed by atoms with E-state index in [1.807, 2.05) is 30.3 Å². The minimum absolute atomic E-state index is 0.00958. The summed E-state index contributed by atoms with van der Waals surface area (Å²) in [6.45, 7) is -0.501. The molecule has 9 nitrogen and oxygen atoms in total. The van der Waals surface area contributed by atoms with Gasteiger partial charge in [-0.15, -0.1) is 18.3 Å². The number of hydrogen-bond donors (Lipinski definition) is 1. The van der Waals surface area contributed by atoms with Gasteiger partial charge in [0.2, 0.25) is 0 Å². The summed E-state index contributed by atoms with van der Waals surface area (Å²) < 4.78 is 101. The van der Waals surface area contributed by atoms with Crippen molar-refractivity contribution in [3.8, 4) is 28.6 Å². The highest BCUT2D eigenvalue weighted by atomic mass is 35.6. The van der Waals surface area contributed by atoms with Gasteiger partial charge >= 0.3 is 18.6 Å². The molecule has 0 saturated carbocycles. The molecule has 1 unspecified atom stereocenters. The van der Waals surface area contributed by atoms with Gasteiger partial charge in [0.25, 0.3) is 0 Å². The molecule has 2 amide bonds. The number of ether oxygens (including phenoxy) is 2. The third kappa shape index (κ3) is 14.0. The molecular weight excluding hydrogens is 860 g/mol. The number of hydrogen-bond acceptors (Lipinski definition) is 6. The van der Waals surface area contributed by atoms with Crippen molar-refractivity contribution < 1.29 is 45.0 Å². The smallest absolute Gasteiger partial charge is 0.482 e. The zero-order chi connectivity index (χ0) is 42.1. The Bertz CT molecular complexity index is 2150. The van der Waals surface area contributed by atoms with Crippen LogP contribution in [-0.2, 0) is 5.75 Å². The van der Waals surface area contributed by atoms with Crippen molar-refractivity contribution in [3.63, 3.8) is 0 Å². The first-order chi connectivity index (χ1) is 27.3. The predicted octanol–water partition coefficient (Wildman–Crippen LogP) is 11.4. The molecular formula is C38H32Cl3F7N6O3S. The first-order valence-corrected chi connectivity index (χ1v) is 19.1. The van der Waals surface area contributed by atoms with Gasteiger partial charge in [0, 0.05) is 24.3 Å². The van der Waals surface area contributed by atoms with Crippen molar-refractivity contribution >= 4 is 63.5 Å². The number of nitrogens with zero attached hydrogens (tertiary/aromatic N) is 5. The van der Waals surface area contributed by atoms with Gasteiger partial charge in [0.15, 0.2) is 21.4 Å². The number of urea groups is 1. The van der Waals surface area contributed by atoms with E-state index in [0.717, 1.165) is 29.5 Å². The number of amidine groups is 1. The van der Waals surface area contributed by atoms with Crippen LogP contribution in [0.25, 0.3) is 17.1 Å². The first kappa shape index (κ1) is 44.4. The van der Waals surface area contributed by atoms with Crippen LogP contribution in [0.15, 0.2) is 108 Å². The third-order valence-electron chi connectivity index (χ3n) is 7.84. The number of amides is 2. The van der Waals surface area contributed by atoms with Gasteiger partial charge in [-0.1, -0.05) is 107 Å². The van der Waals surface area contributed by atoms with E-state index in [9.17, 15) is 31.1 Å². The molecule has 0 radical (unpaired) electrons. The Morgan fingerprint density at radius 1 is 0.948 bits per heavy atom. The lowest BCUT2D eigenvalue weighted by Gasteiger charge is -2.29. The summed E-state index contributed by atoms with van der Waals surface area (Å²) in [5.41, 5.74) is 2.72. The lowest BCUT2D eigenvalue weighted by Crippen LogP contribution is -2.35. The molecule has 0 fully saturated rings. The quantitative estimate of drug-likeness (QED) is 0.0544. The Morgan fingerprint density at radius 3 is 2.28 bits per heavy atom. The molecule has 5 aromatic rings. The second-order valence-corrected chi connectivity index (χ2v) is 15.8. The van der Waals surface area contributed by atoms with E-state index < -0.39 is 47.4 Å². The second kappa shape index (κ2) is 19.4. The molecule has 20 heteroatoms. The van der Waals surface area contributed by atoms with E-state index in [-0.39, 0.29) is 46.7 Å². The number of carbonyl (C=O) groups excluding carboxylic acids is 1. The highest BCUT2D eigenvalue weighted by Gasteiger charge is 2.32. The minimum Gasteiger partial charge on any atom is -0.482 e. The summed E-state index contributed by atoms with van der Waals surface area (Å²) in [6.07, 6.45) is -9.95. The Hall–Kier alpha value is -4.71. The van der Waals surface area contributed by atoms with Crippen molar-refractivity contribution in [3.05, 3.63) is 120 Å². The number of halogens is 10. The number of aromatic nitrogens is 3. The summed E-state index contributed by atoms with van der Waals surface area (Å²) in [5, 5.41) is 6.79. The van der Waals surface area contributed by atoms with E-state index in [2.05, 4.69) is 25.1 Å². The van der Waals surface area contributed by atoms with Crippen LogP contribution in [0.3, 0.4) is 0 Å². The maximum Gasteiger partial charge on any atom is 0.573 e. The van der Waals surface area contributed by atoms with Crippen LogP contribution in [0.5, 0.6) is 11.5 Å². The van der Waals surface area contributed by atoms with Crippen LogP contribution in [0.4, 0.5) is 41.2 Å². The van der Waals surface area contributed by atoms with E-state index >= 15 is 4.39 Å². The van der Waals surface area contributed by atoms with Gasteiger partial charge in [-0.2, -0.15) is 18.2 Å². The number of nitrogens with one attached hydrogen (secondary N) is 1. The van der Waals surface area contributed by atoms with Gasteiger partial charge in [-0.05, 0) is 60.0 Å². The zero-order valence-corrected chi connectivity index (χ0v) is 33.2. The lowest BCUT2D eigenvalue weighted by molar-refractivity contribution is -0.274. The molecule has 1 heterocycles. The van der Waals surface area contributed by atoms with E-state index in [4.69, 9.17) is 39.5 Å². The largest absolute Gasteiger partial charge is 0.573 e. The molecule has 0 aliphatic heterocycles. The Balaban J connectivity index is 1.33. The van der Waals surface area contributed by atoms with Crippen molar-refractivity contribution in [2.45, 2.75) is 41.6 Å². The number of anilines is 1. The molecule has 0 bridgehead atoms. The summed E-state index contributed by atoms with van der Waals surface area (Å²) in [6, 6.07) is 23.7. The molecule has 1 aromatic heterocycles. The van der Waals surface area contributed by atoms with Crippen molar-refractivity contribution in [2.75, 3.05) is 24.6 Å². The Kier molecular flexibility index (Phi) is 14.8. The van der Waals surface area contributed by atoms with Gasteiger partial charge in [0.05, 0.1) is 17.9 Å². The van der Waals surface area contributed by atoms with Crippen LogP contribution in [0.1, 0.15) is 29.3 Å². The molecule has 0 aliphatic carbocycles. The highest BCUT2D eigenvalue weighted by molar-refractivity contribution is 8.13. The van der Waals surface area contributed by atoms with Gasteiger partial charge in [0.1, 0.15) is 24.0 Å². The topological polar surface area (TPSA) is 93.9 Å². The van der Waals surface area contributed by atoms with Crippen LogP contribution in [-0.4, -0.2) is 62.0 Å². The number of rotatable bonds is 13. The number of carbonyl (C=O) groups is 1. The highest BCUT2D eigenvalue weighted by Crippen LogP contribution is 2.37. The monoisotopic (exact) mass is 890 g/mol. The van der Waals surface area contributed by atoms with Crippen molar-refractivity contribution in [1.29, 1.82) is 0 Å². The average Bonchev–Trinajstić information content (AvgIpc) is 3.65. The zero-order valence-electron chi connectivity index (χ0n) is 30.1. The molecule has 4 aromatic carbocycles. The van der Waals surface area contributed by atoms with E-state index in [1.165, 1.54) is 46.2 Å². The molecule has 0 spiro atoms. The van der Waals surface area contributed by atoms with Gasteiger partial charge in [-0.25, -0.2) is 18.9 Å². The number of aryl methyl sites for hydroxylation is 1. The van der Waals surface area contributed by atoms with Crippen molar-refractivity contribution in [1.82, 2.24) is 20.1 Å². The lowest BCUT2D eigenvalue weighted by atomic mass is 10.1. The number of aliphatic imine (C=N–C) groups is 1. The second-order valence-electron chi connectivity index (χ2n) is 12.4. The summed E-state index contributed by atoms with van der Waals surface area (Å²) in [4.78, 5) is 23.2. The van der Waals surface area contributed by atoms with E-state index in [1.54, 1.807) is 31.2 Å². The summed E-state index contributed by atoms with van der Waals surface area (Å²) in [5.74, 6) is -0.0356. The fraction of sp³-hybridized carbons (Fsp3) is 0.263. The van der Waals surface area contributed by atoms with Crippen LogP contribution in [0.2, 0.25) is 0 Å². The average molecular weight is 892 g/mol. The first-order valence-electron chi connectivity index (χ1n) is 17.0. The molecule has 1 atom stereocenters. The maximum atomic E-state index is 15.5. The number of thioether (sulfide) groups is 1. The van der Waals surface area contributed by atoms with Crippen LogP contribution in [0, 0.1) is 6.92 Å². The fourth-order valence-electron chi connectivity index (χ4n) is 5.15. The molecule has 308 valence electrons. The maximum absolute atomic E-state index is 15.5. The van der Waals surface area contributed by atoms with Gasteiger partial charge < -0.3 is 19.7 Å². The van der Waals surface area contributed by atoms with Crippen LogP contribution >= 0.6 is 46.6 Å². The fourth-order valence-corrected chi connectivity index (χ4v) is 6.39. The minimum atomic E-state index is -4.83. The molecule has 1 N–H and O–H groups in total. The number of benzene rings is 4. The predicted molar refractivity (Wildman–Crippen MR) is 211 cm³/mol. The molecule has 0 aliphatic rings. The number of alkyl halides is 10. The summed E-state index contributed by atoms with van der Waals surface area (Å²) >= 11 is 19.4. The Morgan fingerprint density at radius 2 is 1.64 bits per heavy atom. The third-order valence-corrected chi connectivity index (χ3v) is 9.46. The van der Waals surface area contributed by atoms with E-state index in [0.29, 0.717) is 16.8 Å². The standard InChI is InChI=1S/C38H32Cl3F7N6O3S/c1-24-7-16-32(56-22-37(43,44)45)31(19-24)53(18-17-36(39,40)41)35(58-21-25-5-3-2-4-6-25)51-34(55)49-20-30(42)26-8-10-27(11-9-26)33-50-23-54(52-33)28-12-14-29(15-13-28)57-38(46,47)48/h2-16,19,23,30H,17-18,20-22H2,1H3,(H,49,55). The Labute approximate surface area is 347 Å². The molecule has 58 heavy (non-hydrogen) atoms. The normalized spacial score (nSPS) is 12.9. The summed E-state index contributed by atoms with van der Waals surface area (Å²) in [7, 11) is 0. The molecule has 5 rings (SSSR count).